The van der Waals surface area contributed by atoms with Crippen molar-refractivity contribution in [1.82, 2.24) is 4.90 Å². The molecule has 2 rings (SSSR count). The van der Waals surface area contributed by atoms with Crippen molar-refractivity contribution in [3.8, 4) is 5.75 Å². The van der Waals surface area contributed by atoms with Crippen LogP contribution in [0.5, 0.6) is 5.75 Å². The summed E-state index contributed by atoms with van der Waals surface area (Å²) >= 11 is 0. The first kappa shape index (κ1) is 20.9. The first-order valence-electron chi connectivity index (χ1n) is 9.31. The molecule has 6 heteroatoms. The van der Waals surface area contributed by atoms with Crippen LogP contribution in [0, 0.1) is 5.82 Å². The average Bonchev–Trinajstić information content (AvgIpc) is 2.61. The molecule has 0 atom stereocenters. The molecule has 0 unspecified atom stereocenters. The van der Waals surface area contributed by atoms with Gasteiger partial charge in [-0.1, -0.05) is 20.8 Å². The van der Waals surface area contributed by atoms with Crippen LogP contribution < -0.4 is 4.74 Å². The van der Waals surface area contributed by atoms with Crippen LogP contribution in [0.3, 0.4) is 0 Å². The number of benzene rings is 1. The Morgan fingerprint density at radius 3 is 2.48 bits per heavy atom. The molecule has 1 fully saturated rings. The predicted octanol–water partition coefficient (Wildman–Crippen LogP) is 3.61. The fourth-order valence-electron chi connectivity index (χ4n) is 3.00. The lowest BCUT2D eigenvalue weighted by molar-refractivity contribution is -0.137. The number of carbonyl (C=O) groups is 2. The van der Waals surface area contributed by atoms with Crippen molar-refractivity contribution in [2.75, 3.05) is 19.7 Å². The number of esters is 1. The van der Waals surface area contributed by atoms with Crippen molar-refractivity contribution in [2.24, 2.45) is 0 Å². The second-order valence-corrected chi connectivity index (χ2v) is 7.62. The van der Waals surface area contributed by atoms with Crippen LogP contribution >= 0.6 is 0 Å². The molecule has 0 N–H and O–H groups in total. The number of hydrogen-bond acceptors (Lipinski definition) is 4. The molecular formula is C21H28FNO4. The van der Waals surface area contributed by atoms with Gasteiger partial charge in [0.1, 0.15) is 17.7 Å². The van der Waals surface area contributed by atoms with E-state index in [0.29, 0.717) is 31.7 Å². The third-order valence-electron chi connectivity index (χ3n) is 4.45. The standard InChI is InChI=1S/C21H28FNO4/c1-5-26-20(25)9-8-19(24)23-12-10-16(11-13-23)27-18-7-6-15(22)14-17(18)21(2,3)4/h6-9,14,16H,5,10-13H2,1-4H3. The van der Waals surface area contributed by atoms with E-state index in [1.807, 2.05) is 20.8 Å². The summed E-state index contributed by atoms with van der Waals surface area (Å²) in [7, 11) is 0. The zero-order valence-electron chi connectivity index (χ0n) is 16.5. The van der Waals surface area contributed by atoms with E-state index in [9.17, 15) is 14.0 Å². The Morgan fingerprint density at radius 2 is 1.89 bits per heavy atom. The van der Waals surface area contributed by atoms with E-state index in [-0.39, 0.29) is 29.9 Å². The summed E-state index contributed by atoms with van der Waals surface area (Å²) in [6.45, 7) is 9.14. The molecule has 0 radical (unpaired) electrons. The second-order valence-electron chi connectivity index (χ2n) is 7.62. The highest BCUT2D eigenvalue weighted by Gasteiger charge is 2.26. The van der Waals surface area contributed by atoms with Gasteiger partial charge in [0.05, 0.1) is 6.61 Å². The summed E-state index contributed by atoms with van der Waals surface area (Å²) in [5, 5.41) is 0. The van der Waals surface area contributed by atoms with Crippen LogP contribution in [-0.2, 0) is 19.7 Å². The van der Waals surface area contributed by atoms with Crippen LogP contribution in [0.1, 0.15) is 46.1 Å². The highest BCUT2D eigenvalue weighted by molar-refractivity contribution is 5.94. The molecule has 0 bridgehead atoms. The zero-order valence-corrected chi connectivity index (χ0v) is 16.5. The van der Waals surface area contributed by atoms with E-state index >= 15 is 0 Å². The van der Waals surface area contributed by atoms with Gasteiger partial charge < -0.3 is 14.4 Å². The molecule has 1 aromatic carbocycles. The van der Waals surface area contributed by atoms with Gasteiger partial charge in [-0.2, -0.15) is 0 Å². The largest absolute Gasteiger partial charge is 0.490 e. The SMILES string of the molecule is CCOC(=O)C=CC(=O)N1CCC(Oc2ccc(F)cc2C(C)(C)C)CC1. The fourth-order valence-corrected chi connectivity index (χ4v) is 3.00. The van der Waals surface area contributed by atoms with Crippen LogP contribution in [-0.4, -0.2) is 42.6 Å². The quantitative estimate of drug-likeness (QED) is 0.581. The molecule has 0 spiro atoms. The van der Waals surface area contributed by atoms with E-state index in [0.717, 1.165) is 11.6 Å². The Hall–Kier alpha value is -2.37. The molecule has 1 saturated heterocycles. The van der Waals surface area contributed by atoms with E-state index in [1.54, 1.807) is 17.9 Å². The first-order chi connectivity index (χ1) is 12.7. The van der Waals surface area contributed by atoms with Crippen molar-refractivity contribution < 1.29 is 23.5 Å². The summed E-state index contributed by atoms with van der Waals surface area (Å²) in [5.74, 6) is -0.314. The van der Waals surface area contributed by atoms with E-state index in [4.69, 9.17) is 9.47 Å². The van der Waals surface area contributed by atoms with Gasteiger partial charge in [-0.3, -0.25) is 4.79 Å². The van der Waals surface area contributed by atoms with Gasteiger partial charge >= 0.3 is 5.97 Å². The summed E-state index contributed by atoms with van der Waals surface area (Å²) in [5.41, 5.74) is 0.602. The predicted molar refractivity (Wildman–Crippen MR) is 101 cm³/mol. The van der Waals surface area contributed by atoms with E-state index in [2.05, 4.69) is 0 Å². The Morgan fingerprint density at radius 1 is 1.22 bits per heavy atom. The molecule has 0 aliphatic carbocycles. The minimum atomic E-state index is -0.518. The first-order valence-corrected chi connectivity index (χ1v) is 9.31. The third-order valence-corrected chi connectivity index (χ3v) is 4.45. The molecule has 0 aromatic heterocycles. The minimum absolute atomic E-state index is 0.0327. The lowest BCUT2D eigenvalue weighted by Gasteiger charge is -2.33. The lowest BCUT2D eigenvalue weighted by atomic mass is 9.86. The molecule has 148 valence electrons. The van der Waals surface area contributed by atoms with E-state index in [1.165, 1.54) is 18.2 Å². The maximum Gasteiger partial charge on any atom is 0.330 e. The second kappa shape index (κ2) is 9.02. The molecular weight excluding hydrogens is 349 g/mol. The molecule has 5 nitrogen and oxygen atoms in total. The number of ether oxygens (including phenoxy) is 2. The maximum atomic E-state index is 13.6. The van der Waals surface area contributed by atoms with Crippen molar-refractivity contribution in [3.63, 3.8) is 0 Å². The number of carbonyl (C=O) groups excluding carboxylic acids is 2. The number of likely N-dealkylation sites (tertiary alicyclic amines) is 1. The monoisotopic (exact) mass is 377 g/mol. The van der Waals surface area contributed by atoms with Gasteiger partial charge in [-0.15, -0.1) is 0 Å². The topological polar surface area (TPSA) is 55.8 Å². The third kappa shape index (κ3) is 6.08. The van der Waals surface area contributed by atoms with Gasteiger partial charge in [0, 0.05) is 43.6 Å². The lowest BCUT2D eigenvalue weighted by Crippen LogP contribution is -2.41. The Balaban J connectivity index is 1.93. The summed E-state index contributed by atoms with van der Waals surface area (Å²) in [6.07, 6.45) is 3.73. The summed E-state index contributed by atoms with van der Waals surface area (Å²) < 4.78 is 24.5. The van der Waals surface area contributed by atoms with Gasteiger partial charge in [0.2, 0.25) is 5.91 Å². The molecule has 0 saturated carbocycles. The highest BCUT2D eigenvalue weighted by atomic mass is 19.1. The number of piperidine rings is 1. The van der Waals surface area contributed by atoms with Gasteiger partial charge in [-0.05, 0) is 30.5 Å². The van der Waals surface area contributed by atoms with Crippen LogP contribution in [0.4, 0.5) is 4.39 Å². The molecule has 1 aliphatic rings. The number of nitrogens with zero attached hydrogens (tertiary/aromatic N) is 1. The van der Waals surface area contributed by atoms with Crippen LogP contribution in [0.25, 0.3) is 0 Å². The van der Waals surface area contributed by atoms with Crippen LogP contribution in [0.2, 0.25) is 0 Å². The average molecular weight is 377 g/mol. The van der Waals surface area contributed by atoms with Gasteiger partial charge in [0.25, 0.3) is 0 Å². The Kier molecular flexibility index (Phi) is 6.99. The Labute approximate surface area is 160 Å². The molecule has 1 amide bonds. The van der Waals surface area contributed by atoms with Crippen molar-refractivity contribution in [1.29, 1.82) is 0 Å². The van der Waals surface area contributed by atoms with Crippen molar-refractivity contribution >= 4 is 11.9 Å². The van der Waals surface area contributed by atoms with Gasteiger partial charge in [0.15, 0.2) is 0 Å². The number of rotatable bonds is 5. The maximum absolute atomic E-state index is 13.6. The number of amides is 1. The number of hydrogen-bond donors (Lipinski definition) is 0. The summed E-state index contributed by atoms with van der Waals surface area (Å²) in [4.78, 5) is 25.1. The van der Waals surface area contributed by atoms with Gasteiger partial charge in [-0.25, -0.2) is 9.18 Å². The fraction of sp³-hybridized carbons (Fsp3) is 0.524. The van der Waals surface area contributed by atoms with E-state index < -0.39 is 5.97 Å². The number of halogens is 1. The normalized spacial score (nSPS) is 15.8. The molecule has 27 heavy (non-hydrogen) atoms. The smallest absolute Gasteiger partial charge is 0.330 e. The summed E-state index contributed by atoms with van der Waals surface area (Å²) in [6, 6.07) is 4.60. The van der Waals surface area contributed by atoms with Crippen LogP contribution in [0.15, 0.2) is 30.4 Å². The zero-order chi connectivity index (χ0) is 20.0. The van der Waals surface area contributed by atoms with Crippen molar-refractivity contribution in [3.05, 3.63) is 41.7 Å². The minimum Gasteiger partial charge on any atom is -0.490 e. The molecule has 1 aromatic rings. The molecule has 1 aliphatic heterocycles. The highest BCUT2D eigenvalue weighted by Crippen LogP contribution is 2.33. The Bertz CT molecular complexity index is 701. The molecule has 1 heterocycles. The van der Waals surface area contributed by atoms with Crippen molar-refractivity contribution in [2.45, 2.75) is 52.1 Å².